The number of halogens is 2. The number of benzene rings is 1. The summed E-state index contributed by atoms with van der Waals surface area (Å²) in [5, 5.41) is 11.6. The Bertz CT molecular complexity index is 433. The van der Waals surface area contributed by atoms with Gasteiger partial charge in [-0.2, -0.15) is 0 Å². The van der Waals surface area contributed by atoms with Gasteiger partial charge < -0.3 is 10.4 Å². The van der Waals surface area contributed by atoms with Gasteiger partial charge in [0.1, 0.15) is 0 Å². The van der Waals surface area contributed by atoms with Crippen LogP contribution >= 0.6 is 0 Å². The molecule has 0 aliphatic rings. The van der Waals surface area contributed by atoms with Crippen molar-refractivity contribution in [1.29, 1.82) is 0 Å². The Morgan fingerprint density at radius 1 is 1.44 bits per heavy atom. The van der Waals surface area contributed by atoms with Crippen molar-refractivity contribution >= 4 is 11.6 Å². The number of aliphatic hydroxyl groups is 1. The molecule has 1 rings (SSSR count). The minimum absolute atomic E-state index is 0.144. The summed E-state index contributed by atoms with van der Waals surface area (Å²) in [4.78, 5) is 11.0. The maximum absolute atomic E-state index is 13.6. The van der Waals surface area contributed by atoms with Crippen molar-refractivity contribution in [2.24, 2.45) is 0 Å². The second kappa shape index (κ2) is 6.44. The number of carbonyl (C=O) groups excluding carboxylic acids is 1. The summed E-state index contributed by atoms with van der Waals surface area (Å²) in [6.45, 7) is 2.94. The molecule has 2 N–H and O–H groups in total. The largest absolute Gasteiger partial charge is 0.393 e. The SMILES string of the molecule is CC(=O)Nc1ccc(F)c(F)c1CCCC(C)O. The lowest BCUT2D eigenvalue weighted by Crippen LogP contribution is -2.11. The van der Waals surface area contributed by atoms with Gasteiger partial charge in [-0.05, 0) is 38.3 Å². The molecule has 1 atom stereocenters. The van der Waals surface area contributed by atoms with Crippen LogP contribution in [0.15, 0.2) is 12.1 Å². The van der Waals surface area contributed by atoms with Crippen molar-refractivity contribution in [2.45, 2.75) is 39.2 Å². The topological polar surface area (TPSA) is 49.3 Å². The zero-order chi connectivity index (χ0) is 13.7. The predicted molar refractivity (Wildman–Crippen MR) is 65.3 cm³/mol. The molecule has 5 heteroatoms. The van der Waals surface area contributed by atoms with Gasteiger partial charge in [0.15, 0.2) is 11.6 Å². The number of amides is 1. The maximum Gasteiger partial charge on any atom is 0.221 e. The van der Waals surface area contributed by atoms with Crippen LogP contribution in [0.3, 0.4) is 0 Å². The molecule has 0 saturated heterocycles. The molecule has 0 bridgehead atoms. The minimum Gasteiger partial charge on any atom is -0.393 e. The molecule has 0 radical (unpaired) electrons. The van der Waals surface area contributed by atoms with Crippen molar-refractivity contribution in [3.8, 4) is 0 Å². The fourth-order valence-corrected chi connectivity index (χ4v) is 1.72. The second-order valence-corrected chi connectivity index (χ2v) is 4.31. The van der Waals surface area contributed by atoms with Crippen molar-refractivity contribution in [3.05, 3.63) is 29.3 Å². The molecule has 0 fully saturated rings. The van der Waals surface area contributed by atoms with E-state index in [1.165, 1.54) is 13.0 Å². The van der Waals surface area contributed by atoms with E-state index in [0.29, 0.717) is 12.8 Å². The van der Waals surface area contributed by atoms with Gasteiger partial charge in [-0.15, -0.1) is 0 Å². The molecule has 0 aliphatic carbocycles. The van der Waals surface area contributed by atoms with Crippen LogP contribution in [0.25, 0.3) is 0 Å². The van der Waals surface area contributed by atoms with Gasteiger partial charge in [-0.3, -0.25) is 4.79 Å². The summed E-state index contributed by atoms with van der Waals surface area (Å²) < 4.78 is 26.8. The van der Waals surface area contributed by atoms with Crippen LogP contribution in [0.2, 0.25) is 0 Å². The molecule has 1 aromatic rings. The van der Waals surface area contributed by atoms with E-state index < -0.39 is 17.7 Å². The summed E-state index contributed by atoms with van der Waals surface area (Å²) >= 11 is 0. The Morgan fingerprint density at radius 2 is 2.11 bits per heavy atom. The Kier molecular flexibility index (Phi) is 5.22. The predicted octanol–water partition coefficient (Wildman–Crippen LogP) is 2.63. The molecular formula is C13H17F2NO2. The molecule has 0 heterocycles. The number of hydrogen-bond acceptors (Lipinski definition) is 2. The minimum atomic E-state index is -0.938. The number of carbonyl (C=O) groups is 1. The van der Waals surface area contributed by atoms with E-state index >= 15 is 0 Å². The first kappa shape index (κ1) is 14.6. The quantitative estimate of drug-likeness (QED) is 0.852. The normalized spacial score (nSPS) is 12.3. The molecule has 100 valence electrons. The molecule has 0 spiro atoms. The van der Waals surface area contributed by atoms with Gasteiger partial charge in [-0.25, -0.2) is 8.78 Å². The van der Waals surface area contributed by atoms with Crippen LogP contribution in [0, 0.1) is 11.6 Å². The van der Waals surface area contributed by atoms with E-state index in [4.69, 9.17) is 5.11 Å². The lowest BCUT2D eigenvalue weighted by atomic mass is 10.0. The summed E-state index contributed by atoms with van der Waals surface area (Å²) in [6.07, 6.45) is 0.801. The van der Waals surface area contributed by atoms with Crippen LogP contribution < -0.4 is 5.32 Å². The van der Waals surface area contributed by atoms with Gasteiger partial charge in [0, 0.05) is 18.2 Å². The first-order chi connectivity index (χ1) is 8.41. The van der Waals surface area contributed by atoms with Crippen LogP contribution in [-0.4, -0.2) is 17.1 Å². The summed E-state index contributed by atoms with van der Waals surface area (Å²) in [5.74, 6) is -2.21. The average molecular weight is 257 g/mol. The third-order valence-electron chi connectivity index (χ3n) is 2.56. The van der Waals surface area contributed by atoms with Crippen molar-refractivity contribution in [2.75, 3.05) is 5.32 Å². The van der Waals surface area contributed by atoms with Gasteiger partial charge in [0.2, 0.25) is 5.91 Å². The molecule has 1 aromatic carbocycles. The third kappa shape index (κ3) is 4.07. The lowest BCUT2D eigenvalue weighted by Gasteiger charge is -2.12. The van der Waals surface area contributed by atoms with Gasteiger partial charge >= 0.3 is 0 Å². The Morgan fingerprint density at radius 3 is 2.67 bits per heavy atom. The van der Waals surface area contributed by atoms with Crippen molar-refractivity contribution in [1.82, 2.24) is 0 Å². The maximum atomic E-state index is 13.6. The highest BCUT2D eigenvalue weighted by Gasteiger charge is 2.14. The Labute approximate surface area is 105 Å². The number of anilines is 1. The third-order valence-corrected chi connectivity index (χ3v) is 2.56. The molecule has 18 heavy (non-hydrogen) atoms. The summed E-state index contributed by atoms with van der Waals surface area (Å²) in [7, 11) is 0. The van der Waals surface area contributed by atoms with Crippen molar-refractivity contribution < 1.29 is 18.7 Å². The highest BCUT2D eigenvalue weighted by molar-refractivity contribution is 5.89. The molecular weight excluding hydrogens is 240 g/mol. The number of nitrogens with one attached hydrogen (secondary N) is 1. The lowest BCUT2D eigenvalue weighted by molar-refractivity contribution is -0.114. The fraction of sp³-hybridized carbons (Fsp3) is 0.462. The van der Waals surface area contributed by atoms with Gasteiger partial charge in [-0.1, -0.05) is 0 Å². The van der Waals surface area contributed by atoms with Crippen LogP contribution in [0.5, 0.6) is 0 Å². The molecule has 1 amide bonds. The molecule has 0 aliphatic heterocycles. The van der Waals surface area contributed by atoms with E-state index in [1.807, 2.05) is 0 Å². The standard InChI is InChI=1S/C13H17F2NO2/c1-8(17)4-3-5-10-12(16-9(2)18)7-6-11(14)13(10)15/h6-8,17H,3-5H2,1-2H3,(H,16,18). The Balaban J connectivity index is 2.90. The molecule has 3 nitrogen and oxygen atoms in total. The van der Waals surface area contributed by atoms with Gasteiger partial charge in [0.05, 0.1) is 6.10 Å². The smallest absolute Gasteiger partial charge is 0.221 e. The van der Waals surface area contributed by atoms with Crippen molar-refractivity contribution in [3.63, 3.8) is 0 Å². The first-order valence-electron chi connectivity index (χ1n) is 5.84. The van der Waals surface area contributed by atoms with Gasteiger partial charge in [0.25, 0.3) is 0 Å². The van der Waals surface area contributed by atoms with E-state index in [0.717, 1.165) is 6.07 Å². The summed E-state index contributed by atoms with van der Waals surface area (Å²) in [5.41, 5.74) is 0.429. The van der Waals surface area contributed by atoms with Crippen LogP contribution in [-0.2, 0) is 11.2 Å². The highest BCUT2D eigenvalue weighted by atomic mass is 19.2. The Hall–Kier alpha value is -1.49. The summed E-state index contributed by atoms with van der Waals surface area (Å²) in [6, 6.07) is 2.33. The second-order valence-electron chi connectivity index (χ2n) is 4.31. The zero-order valence-corrected chi connectivity index (χ0v) is 10.5. The van der Waals surface area contributed by atoms with Crippen LogP contribution in [0.4, 0.5) is 14.5 Å². The monoisotopic (exact) mass is 257 g/mol. The zero-order valence-electron chi connectivity index (χ0n) is 10.5. The van der Waals surface area contributed by atoms with Crippen LogP contribution in [0.1, 0.15) is 32.3 Å². The van der Waals surface area contributed by atoms with E-state index in [2.05, 4.69) is 5.32 Å². The molecule has 0 saturated carbocycles. The average Bonchev–Trinajstić information content (AvgIpc) is 2.26. The number of rotatable bonds is 5. The van der Waals surface area contributed by atoms with E-state index in [1.54, 1.807) is 6.92 Å². The molecule has 0 aromatic heterocycles. The van der Waals surface area contributed by atoms with E-state index in [-0.39, 0.29) is 23.6 Å². The fourth-order valence-electron chi connectivity index (χ4n) is 1.72. The number of aliphatic hydroxyl groups excluding tert-OH is 1. The highest BCUT2D eigenvalue weighted by Crippen LogP contribution is 2.23. The number of hydrogen-bond donors (Lipinski definition) is 2. The van der Waals surface area contributed by atoms with E-state index in [9.17, 15) is 13.6 Å². The first-order valence-corrected chi connectivity index (χ1v) is 5.84. The molecule has 1 unspecified atom stereocenters.